The maximum Gasteiger partial charge on any atom is 0.573 e. The van der Waals surface area contributed by atoms with Crippen LogP contribution >= 0.6 is 12.4 Å². The van der Waals surface area contributed by atoms with E-state index in [1.165, 1.54) is 18.2 Å². The van der Waals surface area contributed by atoms with Crippen LogP contribution in [0.3, 0.4) is 0 Å². The number of benzene rings is 1. The van der Waals surface area contributed by atoms with E-state index in [2.05, 4.69) is 10.1 Å². The van der Waals surface area contributed by atoms with Gasteiger partial charge in [0.25, 0.3) is 0 Å². The van der Waals surface area contributed by atoms with Crippen molar-refractivity contribution in [3.63, 3.8) is 0 Å². The number of hydrogen-bond donors (Lipinski definition) is 2. The minimum atomic E-state index is -4.70. The van der Waals surface area contributed by atoms with Gasteiger partial charge >= 0.3 is 6.36 Å². The van der Waals surface area contributed by atoms with Gasteiger partial charge in [0.15, 0.2) is 0 Å². The van der Waals surface area contributed by atoms with Crippen LogP contribution in [-0.2, 0) is 6.54 Å². The zero-order chi connectivity index (χ0) is 16.9. The van der Waals surface area contributed by atoms with Crippen molar-refractivity contribution in [1.29, 1.82) is 0 Å². The molecule has 0 aromatic heterocycles. The van der Waals surface area contributed by atoms with Crippen LogP contribution in [0.5, 0.6) is 11.5 Å². The summed E-state index contributed by atoms with van der Waals surface area (Å²) >= 11 is 0. The van der Waals surface area contributed by atoms with Crippen LogP contribution < -0.4 is 20.5 Å². The Labute approximate surface area is 146 Å². The number of alkyl halides is 3. The Hall–Kier alpha value is -1.18. The minimum absolute atomic E-state index is 0. The Balaban J connectivity index is 0.00000288. The van der Waals surface area contributed by atoms with Gasteiger partial charge in [-0.2, -0.15) is 0 Å². The van der Waals surface area contributed by atoms with Crippen LogP contribution in [0.15, 0.2) is 18.2 Å². The molecular weight excluding hydrogens is 345 g/mol. The fourth-order valence-corrected chi connectivity index (χ4v) is 2.77. The third-order valence-corrected chi connectivity index (χ3v) is 3.92. The third kappa shape index (κ3) is 6.75. The summed E-state index contributed by atoms with van der Waals surface area (Å²) in [6, 6.07) is 4.74. The van der Waals surface area contributed by atoms with Crippen molar-refractivity contribution < 1.29 is 22.6 Å². The van der Waals surface area contributed by atoms with Crippen LogP contribution in [0.1, 0.15) is 38.2 Å². The van der Waals surface area contributed by atoms with E-state index in [1.807, 2.05) is 6.92 Å². The summed E-state index contributed by atoms with van der Waals surface area (Å²) in [7, 11) is 0. The van der Waals surface area contributed by atoms with Gasteiger partial charge < -0.3 is 20.5 Å². The van der Waals surface area contributed by atoms with E-state index in [-0.39, 0.29) is 24.2 Å². The molecule has 4 nitrogen and oxygen atoms in total. The first-order chi connectivity index (χ1) is 10.9. The predicted molar refractivity (Wildman–Crippen MR) is 88.6 cm³/mol. The highest BCUT2D eigenvalue weighted by Gasteiger charge is 2.31. The van der Waals surface area contributed by atoms with Gasteiger partial charge in [-0.1, -0.05) is 0 Å². The fraction of sp³-hybridized carbons (Fsp3) is 0.625. The molecule has 1 fully saturated rings. The smallest absolute Gasteiger partial charge is 0.494 e. The number of nitrogens with two attached hydrogens (primary N) is 1. The van der Waals surface area contributed by atoms with E-state index in [0.29, 0.717) is 30.5 Å². The summed E-state index contributed by atoms with van der Waals surface area (Å²) < 4.78 is 46.5. The molecule has 0 saturated heterocycles. The Bertz CT molecular complexity index is 507. The molecule has 0 atom stereocenters. The molecule has 8 heteroatoms. The first kappa shape index (κ1) is 20.9. The fourth-order valence-electron chi connectivity index (χ4n) is 2.77. The zero-order valence-corrected chi connectivity index (χ0v) is 14.4. The first-order valence-electron chi connectivity index (χ1n) is 7.88. The molecule has 138 valence electrons. The first-order valence-corrected chi connectivity index (χ1v) is 7.88. The van der Waals surface area contributed by atoms with Crippen molar-refractivity contribution in [2.24, 2.45) is 5.73 Å². The van der Waals surface area contributed by atoms with Gasteiger partial charge in [0, 0.05) is 24.2 Å². The van der Waals surface area contributed by atoms with E-state index in [9.17, 15) is 13.2 Å². The van der Waals surface area contributed by atoms with E-state index in [4.69, 9.17) is 10.5 Å². The molecule has 1 aromatic rings. The summed E-state index contributed by atoms with van der Waals surface area (Å²) in [4.78, 5) is 0. The van der Waals surface area contributed by atoms with Gasteiger partial charge in [-0.15, -0.1) is 25.6 Å². The van der Waals surface area contributed by atoms with Crippen molar-refractivity contribution in [2.45, 2.75) is 57.6 Å². The molecule has 1 saturated carbocycles. The number of halogens is 4. The van der Waals surface area contributed by atoms with Crippen molar-refractivity contribution in [3.05, 3.63) is 23.8 Å². The van der Waals surface area contributed by atoms with Crippen LogP contribution in [0.25, 0.3) is 0 Å². The predicted octanol–water partition coefficient (Wildman–Crippen LogP) is 3.77. The topological polar surface area (TPSA) is 56.5 Å². The zero-order valence-electron chi connectivity index (χ0n) is 13.6. The maximum atomic E-state index is 12.4. The monoisotopic (exact) mass is 368 g/mol. The molecule has 0 spiro atoms. The number of ether oxygens (including phenoxy) is 2. The summed E-state index contributed by atoms with van der Waals surface area (Å²) in [5.74, 6) is 0.338. The molecule has 0 unspecified atom stereocenters. The molecule has 0 amide bonds. The molecule has 1 aliphatic rings. The lowest BCUT2D eigenvalue weighted by atomic mass is 9.92. The molecular formula is C16H24ClF3N2O2. The van der Waals surface area contributed by atoms with E-state index < -0.39 is 6.36 Å². The minimum Gasteiger partial charge on any atom is -0.494 e. The number of rotatable bonds is 6. The summed E-state index contributed by atoms with van der Waals surface area (Å²) in [5, 5.41) is 3.37. The molecule has 0 radical (unpaired) electrons. The van der Waals surface area contributed by atoms with Gasteiger partial charge in [0.2, 0.25) is 0 Å². The van der Waals surface area contributed by atoms with Crippen molar-refractivity contribution >= 4 is 12.4 Å². The van der Waals surface area contributed by atoms with Crippen LogP contribution in [-0.4, -0.2) is 25.1 Å². The lowest BCUT2D eigenvalue weighted by molar-refractivity contribution is -0.274. The van der Waals surface area contributed by atoms with Crippen LogP contribution in [0, 0.1) is 0 Å². The molecule has 0 bridgehead atoms. The van der Waals surface area contributed by atoms with E-state index in [1.54, 1.807) is 0 Å². The largest absolute Gasteiger partial charge is 0.573 e. The SMILES string of the molecule is CCOc1ccc(OC(F)(F)F)cc1CNC1CCC(N)CC1.Cl. The number of hydrogen-bond acceptors (Lipinski definition) is 4. The Morgan fingerprint density at radius 2 is 1.88 bits per heavy atom. The Morgan fingerprint density at radius 1 is 1.21 bits per heavy atom. The van der Waals surface area contributed by atoms with Crippen LogP contribution in [0.2, 0.25) is 0 Å². The van der Waals surface area contributed by atoms with Gasteiger partial charge in [0.05, 0.1) is 6.61 Å². The van der Waals surface area contributed by atoms with Crippen molar-refractivity contribution in [3.8, 4) is 11.5 Å². The summed E-state index contributed by atoms with van der Waals surface area (Å²) in [6.07, 6.45) is -0.814. The summed E-state index contributed by atoms with van der Waals surface area (Å²) in [5.41, 5.74) is 6.53. The lowest BCUT2D eigenvalue weighted by Gasteiger charge is -2.27. The molecule has 2 rings (SSSR count). The molecule has 3 N–H and O–H groups in total. The third-order valence-electron chi connectivity index (χ3n) is 3.92. The molecule has 0 heterocycles. The highest BCUT2D eigenvalue weighted by Crippen LogP contribution is 2.29. The van der Waals surface area contributed by atoms with Gasteiger partial charge in [0.1, 0.15) is 11.5 Å². The second kappa shape index (κ2) is 9.34. The maximum absolute atomic E-state index is 12.4. The normalized spacial score (nSPS) is 21.0. The molecule has 1 aliphatic carbocycles. The number of nitrogens with one attached hydrogen (secondary N) is 1. The van der Waals surface area contributed by atoms with Gasteiger partial charge in [-0.3, -0.25) is 0 Å². The summed E-state index contributed by atoms with van der Waals surface area (Å²) in [6.45, 7) is 2.72. The van der Waals surface area contributed by atoms with Gasteiger partial charge in [-0.25, -0.2) is 0 Å². The average Bonchev–Trinajstić information content (AvgIpc) is 2.47. The Morgan fingerprint density at radius 3 is 2.46 bits per heavy atom. The average molecular weight is 369 g/mol. The van der Waals surface area contributed by atoms with Crippen LogP contribution in [0.4, 0.5) is 13.2 Å². The quantitative estimate of drug-likeness (QED) is 0.802. The Kier molecular flexibility index (Phi) is 8.12. The second-order valence-electron chi connectivity index (χ2n) is 5.74. The van der Waals surface area contributed by atoms with E-state index >= 15 is 0 Å². The second-order valence-corrected chi connectivity index (χ2v) is 5.74. The standard InChI is InChI=1S/C16H23F3N2O2.ClH/c1-2-22-15-8-7-14(23-16(17,18)19)9-11(15)10-21-13-5-3-12(20)4-6-13;/h7-9,12-13,21H,2-6,10,20H2,1H3;1H. The molecule has 24 heavy (non-hydrogen) atoms. The molecule has 1 aromatic carbocycles. The van der Waals surface area contributed by atoms with Crippen molar-refractivity contribution in [2.75, 3.05) is 6.61 Å². The molecule has 0 aliphatic heterocycles. The lowest BCUT2D eigenvalue weighted by Crippen LogP contribution is -2.37. The van der Waals surface area contributed by atoms with Gasteiger partial charge in [-0.05, 0) is 50.8 Å². The van der Waals surface area contributed by atoms with E-state index in [0.717, 1.165) is 25.7 Å². The highest BCUT2D eigenvalue weighted by molar-refractivity contribution is 5.85. The highest BCUT2D eigenvalue weighted by atomic mass is 35.5. The van der Waals surface area contributed by atoms with Crippen molar-refractivity contribution in [1.82, 2.24) is 5.32 Å².